The number of nitrogens with one attached hydrogen (secondary N) is 1. The van der Waals surface area contributed by atoms with Crippen molar-refractivity contribution < 1.29 is 0 Å². The summed E-state index contributed by atoms with van der Waals surface area (Å²) in [5, 5.41) is 3.74. The number of nitrogens with zero attached hydrogens (tertiary/aromatic N) is 1. The average Bonchev–Trinajstić information content (AvgIpc) is 2.26. The summed E-state index contributed by atoms with van der Waals surface area (Å²) in [7, 11) is 0. The van der Waals surface area contributed by atoms with Gasteiger partial charge in [0.25, 0.3) is 0 Å². The third-order valence-corrected chi connectivity index (χ3v) is 5.22. The van der Waals surface area contributed by atoms with E-state index in [4.69, 9.17) is 0 Å². The molecule has 0 amide bonds. The van der Waals surface area contributed by atoms with Crippen LogP contribution in [0.15, 0.2) is 0 Å². The van der Waals surface area contributed by atoms with Crippen molar-refractivity contribution in [3.63, 3.8) is 0 Å². The maximum atomic E-state index is 3.74. The van der Waals surface area contributed by atoms with Gasteiger partial charge in [-0.15, -0.1) is 0 Å². The molecule has 1 rings (SSSR count). The van der Waals surface area contributed by atoms with Gasteiger partial charge < -0.3 is 10.2 Å². The molecule has 0 spiro atoms. The van der Waals surface area contributed by atoms with Crippen LogP contribution >= 0.6 is 11.8 Å². The molecule has 1 aliphatic heterocycles. The van der Waals surface area contributed by atoms with E-state index in [0.717, 1.165) is 6.54 Å². The molecule has 0 aromatic rings. The number of rotatable bonds is 6. The highest BCUT2D eigenvalue weighted by molar-refractivity contribution is 8.00. The molecule has 2 nitrogen and oxygen atoms in total. The van der Waals surface area contributed by atoms with Crippen molar-refractivity contribution in [2.24, 2.45) is 5.41 Å². The van der Waals surface area contributed by atoms with Crippen molar-refractivity contribution in [2.75, 3.05) is 31.9 Å². The molecule has 1 saturated heterocycles. The molecule has 19 heavy (non-hydrogen) atoms. The molecule has 0 saturated carbocycles. The second-order valence-corrected chi connectivity index (χ2v) is 9.35. The first-order valence-corrected chi connectivity index (χ1v) is 8.83. The zero-order valence-electron chi connectivity index (χ0n) is 13.9. The predicted molar refractivity (Wildman–Crippen MR) is 89.1 cm³/mol. The van der Waals surface area contributed by atoms with Crippen molar-refractivity contribution in [1.29, 1.82) is 0 Å². The van der Waals surface area contributed by atoms with E-state index in [9.17, 15) is 0 Å². The van der Waals surface area contributed by atoms with Crippen molar-refractivity contribution in [3.05, 3.63) is 0 Å². The fourth-order valence-electron chi connectivity index (χ4n) is 2.78. The van der Waals surface area contributed by atoms with Gasteiger partial charge in [0.05, 0.1) is 0 Å². The minimum absolute atomic E-state index is 0.356. The zero-order chi connectivity index (χ0) is 14.5. The second-order valence-electron chi connectivity index (χ2n) is 7.55. The molecule has 1 heterocycles. The molecule has 0 aromatic carbocycles. The van der Waals surface area contributed by atoms with E-state index in [-0.39, 0.29) is 0 Å². The summed E-state index contributed by atoms with van der Waals surface area (Å²) in [5.74, 6) is 1.29. The second kappa shape index (κ2) is 7.33. The van der Waals surface area contributed by atoms with Gasteiger partial charge in [0.1, 0.15) is 0 Å². The zero-order valence-corrected chi connectivity index (χ0v) is 14.7. The fraction of sp³-hybridized carbons (Fsp3) is 1.00. The van der Waals surface area contributed by atoms with E-state index in [0.29, 0.717) is 16.2 Å². The lowest BCUT2D eigenvalue weighted by Crippen LogP contribution is -2.47. The van der Waals surface area contributed by atoms with Gasteiger partial charge in [-0.05, 0) is 45.2 Å². The lowest BCUT2D eigenvalue weighted by atomic mass is 9.84. The number of hydrogen-bond donors (Lipinski definition) is 1. The molecule has 1 fully saturated rings. The summed E-state index contributed by atoms with van der Waals surface area (Å²) in [5.41, 5.74) is 0.356. The molecule has 0 aliphatic carbocycles. The van der Waals surface area contributed by atoms with Gasteiger partial charge in [0, 0.05) is 29.6 Å². The van der Waals surface area contributed by atoms with Gasteiger partial charge in [-0.1, -0.05) is 27.7 Å². The largest absolute Gasteiger partial charge is 0.313 e. The SMILES string of the molecule is CCCNC(CCN1CCSC(C)(C)C1)C(C)(C)C. The number of thioether (sulfide) groups is 1. The van der Waals surface area contributed by atoms with Crippen molar-refractivity contribution >= 4 is 11.8 Å². The van der Waals surface area contributed by atoms with E-state index in [1.165, 1.54) is 38.2 Å². The van der Waals surface area contributed by atoms with Crippen LogP contribution in [0.4, 0.5) is 0 Å². The molecule has 0 aromatic heterocycles. The maximum Gasteiger partial charge on any atom is 0.0231 e. The minimum atomic E-state index is 0.356. The van der Waals surface area contributed by atoms with Gasteiger partial charge in [-0.25, -0.2) is 0 Å². The Morgan fingerprint density at radius 3 is 2.53 bits per heavy atom. The summed E-state index contributed by atoms with van der Waals surface area (Å²) in [4.78, 5) is 2.66. The summed E-state index contributed by atoms with van der Waals surface area (Å²) in [6.07, 6.45) is 2.49. The van der Waals surface area contributed by atoms with Gasteiger partial charge in [0.15, 0.2) is 0 Å². The molecular weight excluding hydrogens is 252 g/mol. The minimum Gasteiger partial charge on any atom is -0.313 e. The molecule has 1 aliphatic rings. The van der Waals surface area contributed by atoms with Gasteiger partial charge >= 0.3 is 0 Å². The van der Waals surface area contributed by atoms with Crippen LogP contribution in [0.2, 0.25) is 0 Å². The van der Waals surface area contributed by atoms with Crippen LogP contribution < -0.4 is 5.32 Å². The fourth-order valence-corrected chi connectivity index (χ4v) is 3.95. The van der Waals surface area contributed by atoms with Crippen LogP contribution in [0, 0.1) is 5.41 Å². The Morgan fingerprint density at radius 1 is 1.32 bits per heavy atom. The molecule has 1 N–H and O–H groups in total. The summed E-state index contributed by atoms with van der Waals surface area (Å²) < 4.78 is 0.437. The van der Waals surface area contributed by atoms with Crippen molar-refractivity contribution in [1.82, 2.24) is 10.2 Å². The Morgan fingerprint density at radius 2 is 2.00 bits per heavy atom. The monoisotopic (exact) mass is 286 g/mol. The van der Waals surface area contributed by atoms with E-state index >= 15 is 0 Å². The lowest BCUT2D eigenvalue weighted by molar-refractivity contribution is 0.199. The van der Waals surface area contributed by atoms with Crippen LogP contribution in [0.3, 0.4) is 0 Å². The standard InChI is InChI=1S/C16H34N2S/c1-7-9-17-14(15(2,3)4)8-10-18-11-12-19-16(5,6)13-18/h14,17H,7-13H2,1-6H3. The summed E-state index contributed by atoms with van der Waals surface area (Å²) in [6.45, 7) is 19.0. The Bertz CT molecular complexity index is 258. The van der Waals surface area contributed by atoms with E-state index in [1.807, 2.05) is 0 Å². The first-order chi connectivity index (χ1) is 8.74. The normalized spacial score (nSPS) is 22.4. The van der Waals surface area contributed by atoms with Crippen LogP contribution in [-0.2, 0) is 0 Å². The lowest BCUT2D eigenvalue weighted by Gasteiger charge is -2.39. The van der Waals surface area contributed by atoms with Crippen LogP contribution in [0.5, 0.6) is 0 Å². The summed E-state index contributed by atoms with van der Waals surface area (Å²) in [6, 6.07) is 0.630. The highest BCUT2D eigenvalue weighted by Gasteiger charge is 2.29. The Hall–Kier alpha value is 0.270. The Labute approximate surface area is 125 Å². The predicted octanol–water partition coefficient (Wildman–Crippen LogP) is 3.62. The first-order valence-electron chi connectivity index (χ1n) is 7.84. The Kier molecular flexibility index (Phi) is 6.68. The van der Waals surface area contributed by atoms with Gasteiger partial charge in [-0.3, -0.25) is 0 Å². The van der Waals surface area contributed by atoms with Crippen LogP contribution in [0.1, 0.15) is 54.4 Å². The van der Waals surface area contributed by atoms with E-state index < -0.39 is 0 Å². The third kappa shape index (κ3) is 6.50. The molecule has 0 radical (unpaired) electrons. The number of hydrogen-bond acceptors (Lipinski definition) is 3. The van der Waals surface area contributed by atoms with Crippen molar-refractivity contribution in [2.45, 2.75) is 65.2 Å². The Balaban J connectivity index is 2.42. The van der Waals surface area contributed by atoms with Crippen LogP contribution in [0.25, 0.3) is 0 Å². The molecule has 114 valence electrons. The average molecular weight is 287 g/mol. The summed E-state index contributed by atoms with van der Waals surface area (Å²) >= 11 is 2.12. The molecule has 1 unspecified atom stereocenters. The topological polar surface area (TPSA) is 15.3 Å². The van der Waals surface area contributed by atoms with Crippen molar-refractivity contribution in [3.8, 4) is 0 Å². The molecular formula is C16H34N2S. The smallest absolute Gasteiger partial charge is 0.0231 e. The highest BCUT2D eigenvalue weighted by atomic mass is 32.2. The third-order valence-electron chi connectivity index (χ3n) is 3.92. The molecule has 1 atom stereocenters. The quantitative estimate of drug-likeness (QED) is 0.803. The van der Waals surface area contributed by atoms with Crippen LogP contribution in [-0.4, -0.2) is 47.6 Å². The van der Waals surface area contributed by atoms with Gasteiger partial charge in [0.2, 0.25) is 0 Å². The molecule has 3 heteroatoms. The highest BCUT2D eigenvalue weighted by Crippen LogP contribution is 2.30. The first kappa shape index (κ1) is 17.3. The maximum absolute atomic E-state index is 3.74. The van der Waals surface area contributed by atoms with Gasteiger partial charge in [-0.2, -0.15) is 11.8 Å². The van der Waals surface area contributed by atoms with E-state index in [2.05, 4.69) is 63.5 Å². The van der Waals surface area contributed by atoms with E-state index in [1.54, 1.807) is 0 Å². The molecule has 0 bridgehead atoms.